The lowest BCUT2D eigenvalue weighted by atomic mass is 10.2. The van der Waals surface area contributed by atoms with E-state index in [0.29, 0.717) is 22.3 Å². The van der Waals surface area contributed by atoms with Gasteiger partial charge in [0.1, 0.15) is 0 Å². The van der Waals surface area contributed by atoms with Crippen LogP contribution in [0.5, 0.6) is 0 Å². The van der Waals surface area contributed by atoms with Crippen molar-refractivity contribution >= 4 is 52.5 Å². The number of thioether (sulfide) groups is 1. The molecule has 3 rings (SSSR count). The predicted molar refractivity (Wildman–Crippen MR) is 106 cm³/mol. The summed E-state index contributed by atoms with van der Waals surface area (Å²) in [6.45, 7) is 0.391. The minimum absolute atomic E-state index is 0.171. The lowest BCUT2D eigenvalue weighted by Crippen LogP contribution is -2.33. The van der Waals surface area contributed by atoms with Crippen molar-refractivity contribution in [2.75, 3.05) is 23.8 Å². The predicted octanol–water partition coefficient (Wildman–Crippen LogP) is 4.36. The third kappa shape index (κ3) is 4.72. The Kier molecular flexibility index (Phi) is 6.46. The Bertz CT molecular complexity index is 828. The average Bonchev–Trinajstić information content (AvgIpc) is 3.07. The van der Waals surface area contributed by atoms with Crippen LogP contribution >= 0.6 is 35.0 Å². The highest BCUT2D eigenvalue weighted by Gasteiger charge is 2.24. The Hall–Kier alpha value is -1.69. The number of esters is 1. The fourth-order valence-electron chi connectivity index (χ4n) is 2.74. The average molecular weight is 410 g/mol. The Morgan fingerprint density at radius 3 is 2.73 bits per heavy atom. The molecule has 1 aliphatic rings. The van der Waals surface area contributed by atoms with Crippen LogP contribution in [0.25, 0.3) is 0 Å². The van der Waals surface area contributed by atoms with Crippen LogP contribution in [0.4, 0.5) is 5.69 Å². The first-order valence-electron chi connectivity index (χ1n) is 8.10. The number of carbonyl (C=O) groups excluding carboxylic acids is 2. The summed E-state index contributed by atoms with van der Waals surface area (Å²) in [5.74, 6) is 0.178. The van der Waals surface area contributed by atoms with Crippen LogP contribution in [0.15, 0.2) is 42.5 Å². The third-order valence-electron chi connectivity index (χ3n) is 4.02. The van der Waals surface area contributed by atoms with Crippen LogP contribution in [0.2, 0.25) is 10.0 Å². The van der Waals surface area contributed by atoms with Crippen molar-refractivity contribution in [1.29, 1.82) is 0 Å². The van der Waals surface area contributed by atoms with E-state index in [1.54, 1.807) is 17.0 Å². The van der Waals surface area contributed by atoms with Crippen molar-refractivity contribution < 1.29 is 14.3 Å². The van der Waals surface area contributed by atoms with E-state index in [9.17, 15) is 9.59 Å². The van der Waals surface area contributed by atoms with Gasteiger partial charge >= 0.3 is 5.97 Å². The van der Waals surface area contributed by atoms with Gasteiger partial charge in [0.2, 0.25) is 0 Å². The van der Waals surface area contributed by atoms with Crippen LogP contribution in [-0.2, 0) is 26.5 Å². The number of carbonyl (C=O) groups is 2. The topological polar surface area (TPSA) is 46.6 Å². The Morgan fingerprint density at radius 1 is 1.12 bits per heavy atom. The smallest absolute Gasteiger partial charge is 0.316 e. The molecule has 0 saturated heterocycles. The number of nitrogens with zero attached hydrogens (tertiary/aromatic N) is 1. The number of rotatable bonds is 6. The number of para-hydroxylation sites is 1. The molecule has 136 valence electrons. The van der Waals surface area contributed by atoms with Gasteiger partial charge in [-0.15, -0.1) is 11.8 Å². The summed E-state index contributed by atoms with van der Waals surface area (Å²) in [5.41, 5.74) is 3.02. The molecule has 0 radical (unpaired) electrons. The molecule has 0 unspecified atom stereocenters. The molecule has 2 aromatic carbocycles. The number of hydrogen-bond donors (Lipinski definition) is 0. The van der Waals surface area contributed by atoms with Gasteiger partial charge in [0, 0.05) is 18.0 Å². The van der Waals surface area contributed by atoms with Crippen molar-refractivity contribution in [2.24, 2.45) is 0 Å². The maximum absolute atomic E-state index is 12.3. The number of hydrogen-bond acceptors (Lipinski definition) is 4. The summed E-state index contributed by atoms with van der Waals surface area (Å²) in [5, 5.41) is 0.991. The highest BCUT2D eigenvalue weighted by Crippen LogP contribution is 2.27. The third-order valence-corrected chi connectivity index (χ3v) is 5.73. The number of ether oxygens (including phenoxy) is 1. The lowest BCUT2D eigenvalue weighted by Gasteiger charge is -2.17. The van der Waals surface area contributed by atoms with Gasteiger partial charge in [-0.3, -0.25) is 9.59 Å². The lowest BCUT2D eigenvalue weighted by molar-refractivity contribution is -0.145. The number of fused-ring (bicyclic) bond motifs is 1. The first kappa shape index (κ1) is 19.1. The SMILES string of the molecule is O=C(CSCc1ccc(Cl)c(Cl)c1)OCC(=O)N1CCc2ccccc21. The van der Waals surface area contributed by atoms with E-state index in [1.807, 2.05) is 30.3 Å². The number of anilines is 1. The molecule has 0 atom stereocenters. The molecule has 0 spiro atoms. The summed E-state index contributed by atoms with van der Waals surface area (Å²) < 4.78 is 5.11. The van der Waals surface area contributed by atoms with E-state index in [4.69, 9.17) is 27.9 Å². The molecule has 1 amide bonds. The molecule has 1 aliphatic heterocycles. The van der Waals surface area contributed by atoms with Gasteiger partial charge in [0.15, 0.2) is 6.61 Å². The van der Waals surface area contributed by atoms with Crippen LogP contribution in [0, 0.1) is 0 Å². The first-order chi connectivity index (χ1) is 12.5. The molecule has 0 saturated carbocycles. The van der Waals surface area contributed by atoms with Crippen molar-refractivity contribution in [2.45, 2.75) is 12.2 Å². The van der Waals surface area contributed by atoms with E-state index in [0.717, 1.165) is 23.2 Å². The van der Waals surface area contributed by atoms with Crippen molar-refractivity contribution in [3.8, 4) is 0 Å². The zero-order chi connectivity index (χ0) is 18.5. The minimum Gasteiger partial charge on any atom is -0.455 e. The molecule has 2 aromatic rings. The normalized spacial score (nSPS) is 12.8. The first-order valence-corrected chi connectivity index (χ1v) is 10.0. The summed E-state index contributed by atoms with van der Waals surface area (Å²) in [6.07, 6.45) is 0.829. The molecule has 4 nitrogen and oxygen atoms in total. The van der Waals surface area contributed by atoms with Gasteiger partial charge in [-0.25, -0.2) is 0 Å². The molecule has 7 heteroatoms. The molecule has 0 fully saturated rings. The Balaban J connectivity index is 1.41. The van der Waals surface area contributed by atoms with Gasteiger partial charge < -0.3 is 9.64 Å². The van der Waals surface area contributed by atoms with Gasteiger partial charge in [-0.2, -0.15) is 0 Å². The zero-order valence-electron chi connectivity index (χ0n) is 13.9. The highest BCUT2D eigenvalue weighted by atomic mass is 35.5. The van der Waals surface area contributed by atoms with Gasteiger partial charge in [0.05, 0.1) is 15.8 Å². The fraction of sp³-hybridized carbons (Fsp3) is 0.263. The monoisotopic (exact) mass is 409 g/mol. The van der Waals surface area contributed by atoms with Crippen LogP contribution in [0.3, 0.4) is 0 Å². The fourth-order valence-corrected chi connectivity index (χ4v) is 3.83. The van der Waals surface area contributed by atoms with Gasteiger partial charge in [-0.05, 0) is 35.7 Å². The summed E-state index contributed by atoms with van der Waals surface area (Å²) in [6, 6.07) is 13.1. The van der Waals surface area contributed by atoms with Crippen LogP contribution in [0.1, 0.15) is 11.1 Å². The largest absolute Gasteiger partial charge is 0.455 e. The molecule has 0 bridgehead atoms. The number of halogens is 2. The molecule has 0 aromatic heterocycles. The molecular weight excluding hydrogens is 393 g/mol. The van der Waals surface area contributed by atoms with E-state index < -0.39 is 5.97 Å². The molecule has 0 aliphatic carbocycles. The van der Waals surface area contributed by atoms with E-state index in [-0.39, 0.29) is 18.3 Å². The molecular formula is C19H17Cl2NO3S. The molecule has 26 heavy (non-hydrogen) atoms. The zero-order valence-corrected chi connectivity index (χ0v) is 16.2. The second-order valence-corrected chi connectivity index (χ2v) is 7.63. The standard InChI is InChI=1S/C19H17Cl2NO3S/c20-15-6-5-13(9-16(15)21)11-26-12-19(24)25-10-18(23)22-8-7-14-3-1-2-4-17(14)22/h1-6,9H,7-8,10-12H2. The van der Waals surface area contributed by atoms with Crippen molar-refractivity contribution in [1.82, 2.24) is 0 Å². The van der Waals surface area contributed by atoms with Crippen molar-refractivity contribution in [3.63, 3.8) is 0 Å². The van der Waals surface area contributed by atoms with Gasteiger partial charge in [0.25, 0.3) is 5.91 Å². The second-order valence-electron chi connectivity index (χ2n) is 5.83. The van der Waals surface area contributed by atoms with Crippen LogP contribution < -0.4 is 4.90 Å². The summed E-state index contributed by atoms with van der Waals surface area (Å²) in [7, 11) is 0. The summed E-state index contributed by atoms with van der Waals surface area (Å²) in [4.78, 5) is 25.8. The van der Waals surface area contributed by atoms with E-state index in [1.165, 1.54) is 11.8 Å². The minimum atomic E-state index is -0.407. The summed E-state index contributed by atoms with van der Waals surface area (Å²) >= 11 is 13.2. The second kappa shape index (κ2) is 8.80. The molecule has 1 heterocycles. The van der Waals surface area contributed by atoms with E-state index >= 15 is 0 Å². The number of amides is 1. The van der Waals surface area contributed by atoms with Crippen LogP contribution in [-0.4, -0.2) is 30.8 Å². The van der Waals surface area contributed by atoms with Gasteiger partial charge in [-0.1, -0.05) is 47.5 Å². The maximum atomic E-state index is 12.3. The maximum Gasteiger partial charge on any atom is 0.316 e. The highest BCUT2D eigenvalue weighted by molar-refractivity contribution is 7.99. The quantitative estimate of drug-likeness (QED) is 0.664. The van der Waals surface area contributed by atoms with E-state index in [2.05, 4.69) is 0 Å². The Morgan fingerprint density at radius 2 is 1.92 bits per heavy atom. The molecule has 0 N–H and O–H groups in total. The van der Waals surface area contributed by atoms with Crippen molar-refractivity contribution in [3.05, 3.63) is 63.6 Å². The Labute approximate surface area is 166 Å². The number of benzene rings is 2.